The fourth-order valence-electron chi connectivity index (χ4n) is 5.81. The van der Waals surface area contributed by atoms with Crippen LogP contribution in [0.4, 0.5) is 4.39 Å². The molecule has 3 heterocycles. The van der Waals surface area contributed by atoms with E-state index in [-0.39, 0.29) is 19.5 Å². The molecule has 1 aliphatic carbocycles. The van der Waals surface area contributed by atoms with Gasteiger partial charge in [0.15, 0.2) is 25.0 Å². The van der Waals surface area contributed by atoms with Gasteiger partial charge in [0.2, 0.25) is 0 Å². The van der Waals surface area contributed by atoms with Crippen LogP contribution in [-0.2, 0) is 28.4 Å². The Kier molecular flexibility index (Phi) is 12.1. The van der Waals surface area contributed by atoms with Crippen molar-refractivity contribution in [2.24, 2.45) is 28.0 Å². The van der Waals surface area contributed by atoms with Crippen molar-refractivity contribution in [3.8, 4) is 0 Å². The molecule has 0 bridgehead atoms. The number of nitrogens with zero attached hydrogens (tertiary/aromatic N) is 3. The van der Waals surface area contributed by atoms with Crippen molar-refractivity contribution < 1.29 is 68.6 Å². The van der Waals surface area contributed by atoms with Gasteiger partial charge in [-0.25, -0.2) is 4.39 Å². The van der Waals surface area contributed by atoms with Crippen molar-refractivity contribution in [2.45, 2.75) is 123 Å². The topological polar surface area (TPSA) is 350 Å². The summed E-state index contributed by atoms with van der Waals surface area (Å²) in [5.41, 5.74) is 32.4. The zero-order chi connectivity index (χ0) is 32.5. The maximum absolute atomic E-state index is 14.6. The quantitative estimate of drug-likeness (QED) is 0.0598. The minimum absolute atomic E-state index is 0.00805. The largest absolute Gasteiger partial charge is 0.394 e. The summed E-state index contributed by atoms with van der Waals surface area (Å²) in [6.07, 6.45) is -25.1. The van der Waals surface area contributed by atoms with Crippen LogP contribution in [0.3, 0.4) is 0 Å². The first kappa shape index (κ1) is 35.4. The lowest BCUT2D eigenvalue weighted by atomic mass is 9.84. The Balaban J connectivity index is 1.52. The highest BCUT2D eigenvalue weighted by atomic mass is 19.1. The zero-order valence-electron chi connectivity index (χ0n) is 23.4. The highest BCUT2D eigenvalue weighted by Gasteiger charge is 2.55. The second kappa shape index (κ2) is 15.0. The molecule has 0 amide bonds. The maximum Gasteiger partial charge on any atom is 0.187 e. The van der Waals surface area contributed by atoms with E-state index in [9.17, 15) is 40.1 Å². The van der Waals surface area contributed by atoms with Crippen LogP contribution in [0.5, 0.6) is 0 Å². The van der Waals surface area contributed by atoms with E-state index < -0.39 is 123 Å². The molecule has 0 unspecified atom stereocenters. The number of rotatable bonds is 10. The second-order valence-corrected chi connectivity index (χ2v) is 11.2. The highest BCUT2D eigenvalue weighted by molar-refractivity contribution is 5.02. The van der Waals surface area contributed by atoms with Crippen molar-refractivity contribution >= 4 is 0 Å². The summed E-state index contributed by atoms with van der Waals surface area (Å²) in [6, 6.07) is -3.42. The van der Waals surface area contributed by atoms with E-state index in [2.05, 4.69) is 10.0 Å². The van der Waals surface area contributed by atoms with E-state index in [4.69, 9.17) is 56.9 Å². The van der Waals surface area contributed by atoms with E-state index in [0.29, 0.717) is 0 Å². The first-order valence-electron chi connectivity index (χ1n) is 14.1. The van der Waals surface area contributed by atoms with Gasteiger partial charge < -0.3 is 87.1 Å². The summed E-state index contributed by atoms with van der Waals surface area (Å²) < 4.78 is 48.7. The van der Waals surface area contributed by atoms with Gasteiger partial charge in [-0.2, -0.15) is 0 Å². The number of nitrogens with two attached hydrogens (primary N) is 4. The first-order valence-corrected chi connectivity index (χ1v) is 14.1. The minimum Gasteiger partial charge on any atom is -0.394 e. The van der Waals surface area contributed by atoms with Gasteiger partial charge >= 0.3 is 0 Å². The minimum atomic E-state index is -2.19. The van der Waals surface area contributed by atoms with Crippen LogP contribution in [-0.4, -0.2) is 172 Å². The van der Waals surface area contributed by atoms with Gasteiger partial charge in [0.25, 0.3) is 0 Å². The maximum atomic E-state index is 14.6. The molecule has 0 spiro atoms. The summed E-state index contributed by atoms with van der Waals surface area (Å²) in [4.78, 5) is 2.63. The molecule has 3 aliphatic heterocycles. The number of ether oxygens (including phenoxy) is 6. The fourth-order valence-corrected chi connectivity index (χ4v) is 5.81. The molecule has 15 N–H and O–H groups in total. The van der Waals surface area contributed by atoms with Crippen molar-refractivity contribution in [2.75, 3.05) is 19.7 Å². The van der Waals surface area contributed by atoms with Gasteiger partial charge in [-0.05, 0) is 12.0 Å². The number of azide groups is 1. The molecule has 21 heteroatoms. The number of halogens is 1. The van der Waals surface area contributed by atoms with E-state index in [0.717, 1.165) is 0 Å². The molecule has 3 saturated heterocycles. The van der Waals surface area contributed by atoms with Crippen molar-refractivity contribution in [1.82, 2.24) is 0 Å². The standard InChI is InChI=1S/C23H42FN7O13/c24-10-13(34)7(2-25)40-22(15(10)36)42-18-6(28)1-5(27)12(33)20(18)44-23-17(38)19(9(4-32)41-23)43-21-11(30-31-29)16(37)14(35)8(3-26)39-21/h5-23,32-38H,1-4,25-28H2/t5-,6+,7-,8+,9-,10+,11-,12+,13-,14-,15-,16-,17-,18-,19-,20-,21-,22-,23+/m1/s1. The van der Waals surface area contributed by atoms with Gasteiger partial charge in [-0.1, -0.05) is 5.11 Å². The van der Waals surface area contributed by atoms with Crippen LogP contribution in [0, 0.1) is 0 Å². The molecular formula is C23H42FN7O13. The smallest absolute Gasteiger partial charge is 0.187 e. The van der Waals surface area contributed by atoms with Gasteiger partial charge in [0, 0.05) is 30.1 Å². The van der Waals surface area contributed by atoms with E-state index in [1.165, 1.54) is 0 Å². The number of aliphatic hydroxyl groups is 7. The average molecular weight is 644 g/mol. The normalized spacial score (nSPS) is 51.6. The molecule has 0 aromatic rings. The third kappa shape index (κ3) is 6.95. The number of aliphatic hydroxyl groups excluding tert-OH is 7. The molecule has 0 radical (unpaired) electrons. The predicted octanol–water partition coefficient (Wildman–Crippen LogP) is -6.53. The van der Waals surface area contributed by atoms with Crippen LogP contribution in [0.15, 0.2) is 5.11 Å². The Morgan fingerprint density at radius 2 is 1.25 bits per heavy atom. The molecule has 44 heavy (non-hydrogen) atoms. The van der Waals surface area contributed by atoms with Gasteiger partial charge in [0.05, 0.1) is 18.8 Å². The Bertz CT molecular complexity index is 991. The Hall–Kier alpha value is -1.44. The van der Waals surface area contributed by atoms with Gasteiger partial charge in [-0.15, -0.1) is 0 Å². The molecule has 0 aromatic carbocycles. The Morgan fingerprint density at radius 1 is 0.705 bits per heavy atom. The van der Waals surface area contributed by atoms with Crippen molar-refractivity contribution in [1.29, 1.82) is 0 Å². The summed E-state index contributed by atoms with van der Waals surface area (Å²) in [7, 11) is 0. The lowest BCUT2D eigenvalue weighted by Gasteiger charge is -2.46. The number of hydrogen-bond donors (Lipinski definition) is 11. The van der Waals surface area contributed by atoms with Crippen LogP contribution >= 0.6 is 0 Å². The fraction of sp³-hybridized carbons (Fsp3) is 1.00. The molecule has 20 nitrogen and oxygen atoms in total. The van der Waals surface area contributed by atoms with Gasteiger partial charge in [-0.3, -0.25) is 0 Å². The van der Waals surface area contributed by atoms with E-state index in [1.807, 2.05) is 0 Å². The van der Waals surface area contributed by atoms with Crippen LogP contribution in [0.1, 0.15) is 6.42 Å². The number of hydrogen-bond acceptors (Lipinski definition) is 18. The molecule has 1 saturated carbocycles. The van der Waals surface area contributed by atoms with Crippen LogP contribution in [0.2, 0.25) is 0 Å². The van der Waals surface area contributed by atoms with Gasteiger partial charge in [0.1, 0.15) is 67.1 Å². The summed E-state index contributed by atoms with van der Waals surface area (Å²) in [5.74, 6) is 0. The molecule has 254 valence electrons. The van der Waals surface area contributed by atoms with E-state index in [1.54, 1.807) is 0 Å². The molecule has 4 aliphatic rings. The summed E-state index contributed by atoms with van der Waals surface area (Å²) >= 11 is 0. The van der Waals surface area contributed by atoms with Crippen molar-refractivity contribution in [3.05, 3.63) is 10.4 Å². The Labute approximate surface area is 250 Å². The zero-order valence-corrected chi connectivity index (χ0v) is 23.4. The first-order chi connectivity index (χ1) is 20.9. The SMILES string of the molecule is [N-]=[N+]=N[C@H]1[C@@H](O[C@H]2[C@@H](O)[C@H](O[C@@H]3[C@@H](O)[C@H](N)C[C@H](N)[C@H]3O[C@H]3O[C@H](CN)[C@@H](O)[C@H](F)[C@H]3O)O[C@@H]2CO)O[C@@H](CN)[C@@H](O)[C@@H]1O. The summed E-state index contributed by atoms with van der Waals surface area (Å²) in [5, 5.41) is 76.5. The predicted molar refractivity (Wildman–Crippen MR) is 140 cm³/mol. The van der Waals surface area contributed by atoms with Crippen molar-refractivity contribution in [3.63, 3.8) is 0 Å². The lowest BCUT2D eigenvalue weighted by molar-refractivity contribution is -0.323. The van der Waals surface area contributed by atoms with Crippen LogP contribution in [0.25, 0.3) is 10.4 Å². The lowest BCUT2D eigenvalue weighted by Crippen LogP contribution is -2.66. The molecule has 0 aromatic heterocycles. The third-order valence-corrected chi connectivity index (χ3v) is 8.35. The van der Waals surface area contributed by atoms with Crippen LogP contribution < -0.4 is 22.9 Å². The summed E-state index contributed by atoms with van der Waals surface area (Å²) in [6.45, 7) is -1.30. The van der Waals surface area contributed by atoms with E-state index >= 15 is 0 Å². The second-order valence-electron chi connectivity index (χ2n) is 11.2. The number of alkyl halides is 1. The Morgan fingerprint density at radius 3 is 1.86 bits per heavy atom. The molecular weight excluding hydrogens is 601 g/mol. The molecule has 19 atom stereocenters. The highest BCUT2D eigenvalue weighted by Crippen LogP contribution is 2.35. The molecule has 4 fully saturated rings. The molecule has 4 rings (SSSR count). The monoisotopic (exact) mass is 643 g/mol. The average Bonchev–Trinajstić information content (AvgIpc) is 3.30. The third-order valence-electron chi connectivity index (χ3n) is 8.35.